The van der Waals surface area contributed by atoms with Crippen LogP contribution in [-0.2, 0) is 7.05 Å². The molecule has 2 aromatic rings. The van der Waals surface area contributed by atoms with Crippen molar-refractivity contribution < 1.29 is 9.47 Å². The fourth-order valence-electron chi connectivity index (χ4n) is 2.70. The zero-order chi connectivity index (χ0) is 19.9. The standard InChI is InChI=1S/C19H25N7O2/c1-4-6-16(25-20)18-23-13(2)15-12-22-26(3)19(15)28-10-5-9-27-14-7-8-21-17(11-14)24-18/h4,6-8,11-12,25H,5,9-10,20H2,1-3H3,(H,21,24)/b6-4+,18-16-,23-13+. The van der Waals surface area contributed by atoms with E-state index < -0.39 is 0 Å². The smallest absolute Gasteiger partial charge is 0.220 e. The van der Waals surface area contributed by atoms with E-state index in [1.807, 2.05) is 45.2 Å². The van der Waals surface area contributed by atoms with E-state index >= 15 is 0 Å². The van der Waals surface area contributed by atoms with Gasteiger partial charge in [0.1, 0.15) is 11.6 Å². The average Bonchev–Trinajstić information content (AvgIpc) is 3.06. The fourth-order valence-corrected chi connectivity index (χ4v) is 2.70. The van der Waals surface area contributed by atoms with Crippen LogP contribution in [0.3, 0.4) is 0 Å². The highest BCUT2D eigenvalue weighted by atomic mass is 16.5. The van der Waals surface area contributed by atoms with E-state index in [2.05, 4.69) is 20.8 Å². The Hall–Kier alpha value is -3.33. The van der Waals surface area contributed by atoms with Gasteiger partial charge in [-0.2, -0.15) is 5.10 Å². The molecule has 1 aliphatic heterocycles. The van der Waals surface area contributed by atoms with Gasteiger partial charge in [0.25, 0.3) is 0 Å². The van der Waals surface area contributed by atoms with E-state index in [0.29, 0.717) is 42.2 Å². The SMILES string of the molecule is C/C=C/C(NN)=C1\N=C(/C)c2cnn(C)c2OCCCOc2ccnc(c2)N1. The number of hydrogen-bond acceptors (Lipinski definition) is 8. The first-order chi connectivity index (χ1) is 13.6. The van der Waals surface area contributed by atoms with Gasteiger partial charge in [0, 0.05) is 25.7 Å². The van der Waals surface area contributed by atoms with Crippen molar-refractivity contribution >= 4 is 11.5 Å². The molecule has 0 aromatic carbocycles. The predicted molar refractivity (Wildman–Crippen MR) is 108 cm³/mol. The summed E-state index contributed by atoms with van der Waals surface area (Å²) in [5.41, 5.74) is 4.82. The summed E-state index contributed by atoms with van der Waals surface area (Å²) in [5, 5.41) is 7.52. The lowest BCUT2D eigenvalue weighted by Crippen LogP contribution is -2.23. The second kappa shape index (κ2) is 9.05. The van der Waals surface area contributed by atoms with E-state index in [9.17, 15) is 0 Å². The van der Waals surface area contributed by atoms with Crippen molar-refractivity contribution in [3.63, 3.8) is 0 Å². The second-order valence-electron chi connectivity index (χ2n) is 6.14. The summed E-state index contributed by atoms with van der Waals surface area (Å²) in [4.78, 5) is 9.09. The maximum atomic E-state index is 5.93. The molecule has 0 fully saturated rings. The number of nitrogens with one attached hydrogen (secondary N) is 2. The van der Waals surface area contributed by atoms with Gasteiger partial charge in [-0.05, 0) is 26.0 Å². The van der Waals surface area contributed by atoms with Crippen LogP contribution in [0.2, 0.25) is 0 Å². The summed E-state index contributed by atoms with van der Waals surface area (Å²) in [6.45, 7) is 4.83. The number of aromatic nitrogens is 3. The lowest BCUT2D eigenvalue weighted by atomic mass is 10.2. The van der Waals surface area contributed by atoms with Crippen molar-refractivity contribution in [1.82, 2.24) is 20.2 Å². The van der Waals surface area contributed by atoms with Gasteiger partial charge in [-0.25, -0.2) is 14.7 Å². The van der Waals surface area contributed by atoms with Gasteiger partial charge < -0.3 is 20.2 Å². The molecule has 0 spiro atoms. The molecule has 0 saturated carbocycles. The Morgan fingerprint density at radius 1 is 1.36 bits per heavy atom. The van der Waals surface area contributed by atoms with E-state index in [4.69, 9.17) is 20.3 Å². The van der Waals surface area contributed by atoms with Gasteiger partial charge in [-0.1, -0.05) is 6.08 Å². The van der Waals surface area contributed by atoms with Crippen LogP contribution in [0, 0.1) is 0 Å². The van der Waals surface area contributed by atoms with Crippen LogP contribution in [0.15, 0.2) is 53.2 Å². The number of nitrogens with two attached hydrogens (primary N) is 1. The number of aliphatic imine (C=N–C) groups is 1. The molecule has 2 aromatic heterocycles. The molecule has 0 atom stereocenters. The van der Waals surface area contributed by atoms with Crippen LogP contribution in [0.5, 0.6) is 11.6 Å². The lowest BCUT2D eigenvalue weighted by molar-refractivity contribution is 0.235. The summed E-state index contributed by atoms with van der Waals surface area (Å²) >= 11 is 0. The minimum absolute atomic E-state index is 0.507. The molecule has 3 heterocycles. The predicted octanol–water partition coefficient (Wildman–Crippen LogP) is 2.11. The Balaban J connectivity index is 2.11. The maximum Gasteiger partial charge on any atom is 0.220 e. The van der Waals surface area contributed by atoms with Crippen LogP contribution in [-0.4, -0.2) is 33.7 Å². The van der Waals surface area contributed by atoms with Gasteiger partial charge in [-0.3, -0.25) is 5.84 Å². The summed E-state index contributed by atoms with van der Waals surface area (Å²) < 4.78 is 13.4. The normalized spacial score (nSPS) is 18.6. The molecular weight excluding hydrogens is 358 g/mol. The summed E-state index contributed by atoms with van der Waals surface area (Å²) in [6, 6.07) is 3.62. The topological polar surface area (TPSA) is 112 Å². The Bertz CT molecular complexity index is 915. The monoisotopic (exact) mass is 383 g/mol. The quantitative estimate of drug-likeness (QED) is 0.538. The molecule has 3 rings (SSSR count). The van der Waals surface area contributed by atoms with E-state index in [1.54, 1.807) is 17.1 Å². The number of nitrogens with zero attached hydrogens (tertiary/aromatic N) is 4. The third-order valence-electron chi connectivity index (χ3n) is 4.07. The van der Waals surface area contributed by atoms with Gasteiger partial charge in [0.2, 0.25) is 5.88 Å². The number of anilines is 1. The van der Waals surface area contributed by atoms with E-state index in [0.717, 1.165) is 17.7 Å². The zero-order valence-electron chi connectivity index (χ0n) is 16.3. The van der Waals surface area contributed by atoms with Crippen LogP contribution in [0.1, 0.15) is 25.8 Å². The Labute approximate surface area is 163 Å². The average molecular weight is 383 g/mol. The molecule has 9 heteroatoms. The lowest BCUT2D eigenvalue weighted by Gasteiger charge is -2.15. The molecule has 0 unspecified atom stereocenters. The van der Waals surface area contributed by atoms with E-state index in [-0.39, 0.29) is 0 Å². The molecule has 4 N–H and O–H groups in total. The molecular formula is C19H25N7O2. The van der Waals surface area contributed by atoms with Gasteiger partial charge >= 0.3 is 0 Å². The number of hydrazine groups is 1. The maximum absolute atomic E-state index is 5.93. The Morgan fingerprint density at radius 3 is 2.96 bits per heavy atom. The third kappa shape index (κ3) is 4.49. The summed E-state index contributed by atoms with van der Waals surface area (Å²) in [7, 11) is 1.84. The number of rotatable bonds is 2. The van der Waals surface area contributed by atoms with Crippen molar-refractivity contribution in [3.8, 4) is 11.6 Å². The first-order valence-electron chi connectivity index (χ1n) is 9.02. The van der Waals surface area contributed by atoms with Crippen molar-refractivity contribution in [3.05, 3.63) is 53.8 Å². The molecule has 148 valence electrons. The van der Waals surface area contributed by atoms with Crippen molar-refractivity contribution in [2.45, 2.75) is 20.3 Å². The number of pyridine rings is 1. The van der Waals surface area contributed by atoms with Crippen molar-refractivity contribution in [2.75, 3.05) is 18.5 Å². The second-order valence-corrected chi connectivity index (χ2v) is 6.14. The first-order valence-corrected chi connectivity index (χ1v) is 9.02. The molecule has 0 aliphatic carbocycles. The van der Waals surface area contributed by atoms with Crippen LogP contribution < -0.4 is 26.1 Å². The minimum atomic E-state index is 0.507. The van der Waals surface area contributed by atoms with Crippen LogP contribution >= 0.6 is 0 Å². The van der Waals surface area contributed by atoms with Crippen LogP contribution in [0.4, 0.5) is 5.82 Å². The molecule has 2 bridgehead atoms. The van der Waals surface area contributed by atoms with Gasteiger partial charge in [0.15, 0.2) is 5.82 Å². The fraction of sp³-hybridized carbons (Fsp3) is 0.316. The van der Waals surface area contributed by atoms with Gasteiger partial charge in [0.05, 0.1) is 36.4 Å². The van der Waals surface area contributed by atoms with Crippen molar-refractivity contribution in [1.29, 1.82) is 0 Å². The molecule has 0 radical (unpaired) electrons. The highest BCUT2D eigenvalue weighted by molar-refractivity contribution is 6.01. The molecule has 0 amide bonds. The number of allylic oxidation sites excluding steroid dienone is 2. The number of hydrogen-bond donors (Lipinski definition) is 3. The number of ether oxygens (including phenoxy) is 2. The zero-order valence-corrected chi connectivity index (χ0v) is 16.3. The van der Waals surface area contributed by atoms with E-state index in [1.165, 1.54) is 0 Å². The number of aryl methyl sites for hydroxylation is 1. The molecule has 9 nitrogen and oxygen atoms in total. The molecule has 1 aliphatic rings. The molecule has 28 heavy (non-hydrogen) atoms. The largest absolute Gasteiger partial charge is 0.493 e. The summed E-state index contributed by atoms with van der Waals surface area (Å²) in [6.07, 6.45) is 7.84. The Morgan fingerprint density at radius 2 is 2.18 bits per heavy atom. The summed E-state index contributed by atoms with van der Waals surface area (Å²) in [5.74, 6) is 8.19. The third-order valence-corrected chi connectivity index (χ3v) is 4.07. The minimum Gasteiger partial charge on any atom is -0.493 e. The highest BCUT2D eigenvalue weighted by Crippen LogP contribution is 2.22. The van der Waals surface area contributed by atoms with Gasteiger partial charge in [-0.15, -0.1) is 0 Å². The number of fused-ring (bicyclic) bond motifs is 3. The molecule has 0 saturated heterocycles. The Kier molecular flexibility index (Phi) is 6.28. The highest BCUT2D eigenvalue weighted by Gasteiger charge is 2.15. The first kappa shape index (κ1) is 19.4. The van der Waals surface area contributed by atoms with Crippen LogP contribution in [0.25, 0.3) is 0 Å². The van der Waals surface area contributed by atoms with Crippen molar-refractivity contribution in [2.24, 2.45) is 17.9 Å².